The third kappa shape index (κ3) is 3.03. The molecule has 0 aliphatic rings. The Labute approximate surface area is 99.0 Å². The minimum absolute atomic E-state index is 0.00390. The van der Waals surface area contributed by atoms with Crippen LogP contribution in [-0.2, 0) is 4.79 Å². The smallest absolute Gasteiger partial charge is 0.229 e. The molecular weight excluding hydrogens is 223 g/mol. The van der Waals surface area contributed by atoms with Crippen LogP contribution in [0.3, 0.4) is 0 Å². The highest BCUT2D eigenvalue weighted by molar-refractivity contribution is 6.01. The third-order valence-electron chi connectivity index (χ3n) is 2.22. The molecule has 0 atom stereocenters. The fraction of sp³-hybridized carbons (Fsp3) is 0.333. The summed E-state index contributed by atoms with van der Waals surface area (Å²) in [5.74, 6) is -0.914. The highest BCUT2D eigenvalue weighted by atomic mass is 19.1. The normalized spacial score (nSPS) is 11.1. The average Bonchev–Trinajstić information content (AvgIpc) is 2.15. The van der Waals surface area contributed by atoms with Crippen molar-refractivity contribution >= 4 is 23.6 Å². The Morgan fingerprint density at radius 2 is 2.00 bits per heavy atom. The summed E-state index contributed by atoms with van der Waals surface area (Å²) in [6.07, 6.45) is 0.493. The zero-order chi connectivity index (χ0) is 13.2. The molecule has 1 amide bonds. The van der Waals surface area contributed by atoms with E-state index in [4.69, 9.17) is 5.73 Å². The van der Waals surface area contributed by atoms with Crippen LogP contribution in [0, 0.1) is 11.2 Å². The van der Waals surface area contributed by atoms with Crippen LogP contribution >= 0.6 is 0 Å². The van der Waals surface area contributed by atoms with Gasteiger partial charge in [-0.25, -0.2) is 4.39 Å². The van der Waals surface area contributed by atoms with Gasteiger partial charge in [0.05, 0.1) is 11.3 Å². The molecule has 0 fully saturated rings. The molecule has 0 saturated heterocycles. The summed E-state index contributed by atoms with van der Waals surface area (Å²) >= 11 is 0. The Hall–Kier alpha value is -1.91. The van der Waals surface area contributed by atoms with Crippen molar-refractivity contribution in [3.05, 3.63) is 23.5 Å². The van der Waals surface area contributed by atoms with Crippen molar-refractivity contribution < 1.29 is 14.0 Å². The van der Waals surface area contributed by atoms with Crippen molar-refractivity contribution in [3.8, 4) is 0 Å². The maximum absolute atomic E-state index is 13.1. The number of nitrogens with one attached hydrogen (secondary N) is 1. The molecule has 0 saturated carbocycles. The first kappa shape index (κ1) is 13.2. The number of rotatable bonds is 2. The SMILES string of the molecule is CC(C)(C)C(=O)Nc1cc(F)cc(N)c1C=O. The van der Waals surface area contributed by atoms with Crippen LogP contribution in [-0.4, -0.2) is 12.2 Å². The first-order valence-electron chi connectivity index (χ1n) is 5.11. The quantitative estimate of drug-likeness (QED) is 0.613. The van der Waals surface area contributed by atoms with Gasteiger partial charge in [-0.1, -0.05) is 20.8 Å². The lowest BCUT2D eigenvalue weighted by Gasteiger charge is -2.19. The van der Waals surface area contributed by atoms with Gasteiger partial charge in [0.25, 0.3) is 0 Å². The highest BCUT2D eigenvalue weighted by Crippen LogP contribution is 2.24. The number of benzene rings is 1. The van der Waals surface area contributed by atoms with E-state index in [1.54, 1.807) is 20.8 Å². The summed E-state index contributed by atoms with van der Waals surface area (Å²) in [7, 11) is 0. The van der Waals surface area contributed by atoms with Crippen molar-refractivity contribution in [2.75, 3.05) is 11.1 Å². The van der Waals surface area contributed by atoms with Crippen molar-refractivity contribution in [3.63, 3.8) is 0 Å². The highest BCUT2D eigenvalue weighted by Gasteiger charge is 2.22. The molecule has 17 heavy (non-hydrogen) atoms. The van der Waals surface area contributed by atoms with Gasteiger partial charge in [-0.3, -0.25) is 9.59 Å². The molecule has 0 unspecified atom stereocenters. The van der Waals surface area contributed by atoms with Gasteiger partial charge in [-0.15, -0.1) is 0 Å². The largest absolute Gasteiger partial charge is 0.398 e. The predicted octanol–water partition coefficient (Wildman–Crippen LogP) is 2.21. The molecule has 5 heteroatoms. The maximum atomic E-state index is 13.1. The van der Waals surface area contributed by atoms with E-state index >= 15 is 0 Å². The topological polar surface area (TPSA) is 72.2 Å². The molecule has 1 rings (SSSR count). The summed E-state index contributed by atoms with van der Waals surface area (Å²) in [6, 6.07) is 2.11. The van der Waals surface area contributed by atoms with Gasteiger partial charge in [-0.05, 0) is 12.1 Å². The van der Waals surface area contributed by atoms with Crippen LogP contribution in [0.5, 0.6) is 0 Å². The second-order valence-corrected chi connectivity index (χ2v) is 4.78. The Bertz CT molecular complexity index is 464. The molecule has 92 valence electrons. The number of hydrogen-bond acceptors (Lipinski definition) is 3. The number of nitrogen functional groups attached to an aromatic ring is 1. The summed E-state index contributed by atoms with van der Waals surface area (Å²) in [5.41, 5.74) is 5.04. The number of hydrogen-bond donors (Lipinski definition) is 2. The van der Waals surface area contributed by atoms with Crippen LogP contribution in [0.1, 0.15) is 31.1 Å². The zero-order valence-corrected chi connectivity index (χ0v) is 10.0. The number of carbonyl (C=O) groups excluding carboxylic acids is 2. The van der Waals surface area contributed by atoms with E-state index in [1.165, 1.54) is 0 Å². The van der Waals surface area contributed by atoms with Crippen LogP contribution in [0.25, 0.3) is 0 Å². The minimum Gasteiger partial charge on any atom is -0.398 e. The minimum atomic E-state index is -0.638. The monoisotopic (exact) mass is 238 g/mol. The lowest BCUT2D eigenvalue weighted by atomic mass is 9.95. The van der Waals surface area contributed by atoms with Crippen molar-refractivity contribution in [1.29, 1.82) is 0 Å². The van der Waals surface area contributed by atoms with Gasteiger partial charge in [0.2, 0.25) is 5.91 Å². The van der Waals surface area contributed by atoms with Gasteiger partial charge < -0.3 is 11.1 Å². The Balaban J connectivity index is 3.14. The molecule has 0 aliphatic heterocycles. The Kier molecular flexibility index (Phi) is 3.50. The molecule has 1 aromatic rings. The van der Waals surface area contributed by atoms with Crippen molar-refractivity contribution in [2.24, 2.45) is 5.41 Å². The van der Waals surface area contributed by atoms with Crippen molar-refractivity contribution in [2.45, 2.75) is 20.8 Å². The second-order valence-electron chi connectivity index (χ2n) is 4.78. The lowest BCUT2D eigenvalue weighted by Crippen LogP contribution is -2.28. The van der Waals surface area contributed by atoms with E-state index in [2.05, 4.69) is 5.32 Å². The van der Waals surface area contributed by atoms with Gasteiger partial charge in [-0.2, -0.15) is 0 Å². The summed E-state index contributed by atoms with van der Waals surface area (Å²) < 4.78 is 13.1. The van der Waals surface area contributed by atoms with Gasteiger partial charge in [0, 0.05) is 11.1 Å². The first-order valence-corrected chi connectivity index (χ1v) is 5.11. The number of carbonyl (C=O) groups is 2. The molecule has 0 spiro atoms. The standard InChI is InChI=1S/C12H15FN2O2/c1-12(2,3)11(17)15-10-5-7(13)4-9(14)8(10)6-16/h4-6H,14H2,1-3H3,(H,15,17). The van der Waals surface area contributed by atoms with E-state index in [0.717, 1.165) is 12.1 Å². The van der Waals surface area contributed by atoms with E-state index in [1.807, 2.05) is 0 Å². The fourth-order valence-electron chi connectivity index (χ4n) is 1.18. The Morgan fingerprint density at radius 1 is 1.41 bits per heavy atom. The molecule has 0 heterocycles. The number of amides is 1. The number of anilines is 2. The zero-order valence-electron chi connectivity index (χ0n) is 10.0. The van der Waals surface area contributed by atoms with Crippen LogP contribution in [0.2, 0.25) is 0 Å². The first-order chi connectivity index (χ1) is 7.75. The lowest BCUT2D eigenvalue weighted by molar-refractivity contribution is -0.123. The van der Waals surface area contributed by atoms with E-state index < -0.39 is 11.2 Å². The molecule has 4 nitrogen and oxygen atoms in total. The third-order valence-corrected chi connectivity index (χ3v) is 2.22. The molecule has 1 aromatic carbocycles. The summed E-state index contributed by atoms with van der Waals surface area (Å²) in [4.78, 5) is 22.6. The molecular formula is C12H15FN2O2. The van der Waals surface area contributed by atoms with E-state index in [9.17, 15) is 14.0 Å². The maximum Gasteiger partial charge on any atom is 0.229 e. The molecule has 0 radical (unpaired) electrons. The number of aldehydes is 1. The van der Waals surface area contributed by atoms with E-state index in [0.29, 0.717) is 6.29 Å². The molecule has 0 aromatic heterocycles. The molecule has 0 bridgehead atoms. The van der Waals surface area contributed by atoms with Crippen LogP contribution in [0.4, 0.5) is 15.8 Å². The second kappa shape index (κ2) is 4.53. The summed E-state index contributed by atoms with van der Waals surface area (Å²) in [6.45, 7) is 5.14. The van der Waals surface area contributed by atoms with Gasteiger partial charge >= 0.3 is 0 Å². The van der Waals surface area contributed by atoms with Gasteiger partial charge in [0.1, 0.15) is 5.82 Å². The average molecular weight is 238 g/mol. The number of halogens is 1. The van der Waals surface area contributed by atoms with Crippen LogP contribution < -0.4 is 11.1 Å². The van der Waals surface area contributed by atoms with Gasteiger partial charge in [0.15, 0.2) is 6.29 Å². The fourth-order valence-corrected chi connectivity index (χ4v) is 1.18. The molecule has 3 N–H and O–H groups in total. The summed E-state index contributed by atoms with van der Waals surface area (Å²) in [5, 5.41) is 2.49. The molecule has 0 aliphatic carbocycles. The predicted molar refractivity (Wildman–Crippen MR) is 64.3 cm³/mol. The van der Waals surface area contributed by atoms with Crippen molar-refractivity contribution in [1.82, 2.24) is 0 Å². The number of nitrogens with two attached hydrogens (primary N) is 1. The Morgan fingerprint density at radius 3 is 2.47 bits per heavy atom. The van der Waals surface area contributed by atoms with E-state index in [-0.39, 0.29) is 22.8 Å². The van der Waals surface area contributed by atoms with Crippen LogP contribution in [0.15, 0.2) is 12.1 Å².